The van der Waals surface area contributed by atoms with Crippen molar-refractivity contribution in [1.82, 2.24) is 4.90 Å². The number of unbranched alkanes of at least 4 members (excludes halogenated alkanes) is 1. The number of nitrogens with one attached hydrogen (secondary N) is 1. The minimum absolute atomic E-state index is 0.0492. The molecule has 0 amide bonds. The molecule has 1 atom stereocenters. The molecule has 0 bridgehead atoms. The van der Waals surface area contributed by atoms with Crippen molar-refractivity contribution in [2.24, 2.45) is 0 Å². The normalized spacial score (nSPS) is 16.1. The lowest BCUT2D eigenvalue weighted by molar-refractivity contribution is -0.201. The van der Waals surface area contributed by atoms with Crippen molar-refractivity contribution in [3.05, 3.63) is 46.3 Å². The third kappa shape index (κ3) is 8.43. The highest BCUT2D eigenvalue weighted by atomic mass is 19.4. The van der Waals surface area contributed by atoms with E-state index in [4.69, 9.17) is 24.4 Å². The monoisotopic (exact) mass is 695 g/mol. The Morgan fingerprint density at radius 3 is 2.31 bits per heavy atom. The Morgan fingerprint density at radius 1 is 1.00 bits per heavy atom. The van der Waals surface area contributed by atoms with Gasteiger partial charge in [-0.3, -0.25) is 15.0 Å². The largest absolute Gasteiger partial charge is 0.493 e. The summed E-state index contributed by atoms with van der Waals surface area (Å²) in [6.45, 7) is 7.03. The van der Waals surface area contributed by atoms with Gasteiger partial charge in [0.05, 0.1) is 44.7 Å². The van der Waals surface area contributed by atoms with Gasteiger partial charge in [0, 0.05) is 44.3 Å². The van der Waals surface area contributed by atoms with Crippen molar-refractivity contribution in [3.8, 4) is 17.2 Å². The van der Waals surface area contributed by atoms with Gasteiger partial charge in [0.2, 0.25) is 0 Å². The molecule has 11 nitrogen and oxygen atoms in total. The topological polar surface area (TPSA) is 128 Å². The Morgan fingerprint density at radius 2 is 1.71 bits per heavy atom. The molecule has 0 saturated carbocycles. The van der Waals surface area contributed by atoms with E-state index in [-0.39, 0.29) is 67.3 Å². The molecule has 4 rings (SSSR count). The van der Waals surface area contributed by atoms with Crippen molar-refractivity contribution in [3.63, 3.8) is 0 Å². The number of ether oxygens (including phenoxy) is 5. The van der Waals surface area contributed by atoms with Gasteiger partial charge in [-0.1, -0.05) is 20.8 Å². The third-order valence-corrected chi connectivity index (χ3v) is 8.42. The fourth-order valence-corrected chi connectivity index (χ4v) is 5.84. The number of ketones is 1. The second-order valence-electron chi connectivity index (χ2n) is 12.9. The van der Waals surface area contributed by atoms with Gasteiger partial charge in [0.25, 0.3) is 0 Å². The Labute approximate surface area is 281 Å². The van der Waals surface area contributed by atoms with Crippen LogP contribution in [0.4, 0.5) is 23.2 Å². The van der Waals surface area contributed by atoms with Crippen molar-refractivity contribution in [2.45, 2.75) is 70.7 Å². The highest BCUT2D eigenvalue weighted by Crippen LogP contribution is 2.43. The summed E-state index contributed by atoms with van der Waals surface area (Å²) >= 11 is 0. The number of alkyl halides is 3. The molecule has 0 radical (unpaired) electrons. The number of hydrogen-bond donors (Lipinski definition) is 1. The number of Topliss-reactive ketones (excluding diaryl/α,β-unsaturated/α-hetero) is 1. The van der Waals surface area contributed by atoms with Crippen LogP contribution in [-0.2, 0) is 31.0 Å². The Balaban J connectivity index is 1.57. The zero-order valence-corrected chi connectivity index (χ0v) is 28.3. The number of hydrogen-bond acceptors (Lipinski definition) is 10. The SMILES string of the molecule is COc1cc2c(c(F)c1OC)C(=N)N(CC(=O)c1cc(N3CCC(OC)C3)c(OCCCCC(=O)OC(=O)C(F)(F)F)c(C(C)(C)C)c1)C2. The van der Waals surface area contributed by atoms with Gasteiger partial charge in [-0.25, -0.2) is 9.18 Å². The summed E-state index contributed by atoms with van der Waals surface area (Å²) in [4.78, 5) is 40.1. The fraction of sp³-hybridized carbons (Fsp3) is 0.529. The van der Waals surface area contributed by atoms with Gasteiger partial charge in [-0.2, -0.15) is 13.2 Å². The van der Waals surface area contributed by atoms with E-state index in [1.807, 2.05) is 20.8 Å². The van der Waals surface area contributed by atoms with Crippen LogP contribution < -0.4 is 19.1 Å². The van der Waals surface area contributed by atoms with Gasteiger partial charge in [-0.05, 0) is 48.4 Å². The highest BCUT2D eigenvalue weighted by Gasteiger charge is 2.42. The summed E-state index contributed by atoms with van der Waals surface area (Å²) in [5.74, 6) is -4.43. The minimum atomic E-state index is -5.26. The van der Waals surface area contributed by atoms with Crippen LogP contribution in [0.15, 0.2) is 18.2 Å². The van der Waals surface area contributed by atoms with E-state index in [0.29, 0.717) is 41.2 Å². The molecule has 0 aliphatic carbocycles. The van der Waals surface area contributed by atoms with E-state index in [2.05, 4.69) is 9.64 Å². The van der Waals surface area contributed by atoms with Crippen molar-refractivity contribution >= 4 is 29.2 Å². The molecule has 2 aromatic rings. The van der Waals surface area contributed by atoms with E-state index in [1.54, 1.807) is 25.3 Å². The second kappa shape index (κ2) is 15.0. The smallest absolute Gasteiger partial charge is 0.491 e. The minimum Gasteiger partial charge on any atom is -0.493 e. The number of anilines is 1. The number of halogens is 4. The average Bonchev–Trinajstić information content (AvgIpc) is 3.63. The maximum Gasteiger partial charge on any atom is 0.491 e. The zero-order valence-electron chi connectivity index (χ0n) is 28.3. The molecule has 0 spiro atoms. The molecule has 49 heavy (non-hydrogen) atoms. The van der Waals surface area contributed by atoms with E-state index >= 15 is 4.39 Å². The number of carbonyl (C=O) groups is 3. The predicted molar refractivity (Wildman–Crippen MR) is 170 cm³/mol. The van der Waals surface area contributed by atoms with Crippen molar-refractivity contribution in [1.29, 1.82) is 5.41 Å². The molecule has 0 aromatic heterocycles. The molecule has 1 saturated heterocycles. The molecule has 268 valence electrons. The quantitative estimate of drug-likeness (QED) is 0.0934. The maximum atomic E-state index is 15.3. The Bertz CT molecular complexity index is 1610. The number of carbonyl (C=O) groups excluding carboxylic acids is 3. The van der Waals surface area contributed by atoms with Crippen molar-refractivity contribution < 1.29 is 55.6 Å². The summed E-state index contributed by atoms with van der Waals surface area (Å²) in [5, 5.41) is 8.68. The maximum absolute atomic E-state index is 15.3. The van der Waals surface area contributed by atoms with Gasteiger partial charge in [0.1, 0.15) is 11.6 Å². The molecule has 2 aliphatic rings. The van der Waals surface area contributed by atoms with E-state index < -0.39 is 35.8 Å². The number of esters is 2. The predicted octanol–water partition coefficient (Wildman–Crippen LogP) is 5.57. The Hall–Kier alpha value is -4.40. The molecule has 1 N–H and O–H groups in total. The number of benzene rings is 2. The van der Waals surface area contributed by atoms with Crippen LogP contribution in [-0.4, -0.2) is 88.3 Å². The summed E-state index contributed by atoms with van der Waals surface area (Å²) in [7, 11) is 4.32. The first-order valence-corrected chi connectivity index (χ1v) is 15.7. The molecular formula is C34H41F4N3O8. The summed E-state index contributed by atoms with van der Waals surface area (Å²) in [6, 6.07) is 5.07. The van der Waals surface area contributed by atoms with Crippen LogP contribution in [0.2, 0.25) is 0 Å². The Kier molecular flexibility index (Phi) is 11.5. The molecule has 2 aromatic carbocycles. The van der Waals surface area contributed by atoms with Crippen LogP contribution in [0.5, 0.6) is 17.2 Å². The lowest BCUT2D eigenvalue weighted by Gasteiger charge is -2.30. The van der Waals surface area contributed by atoms with Crippen LogP contribution in [0, 0.1) is 11.2 Å². The van der Waals surface area contributed by atoms with E-state index in [9.17, 15) is 27.6 Å². The van der Waals surface area contributed by atoms with Crippen LogP contribution >= 0.6 is 0 Å². The molecule has 1 unspecified atom stereocenters. The highest BCUT2D eigenvalue weighted by molar-refractivity contribution is 6.06. The number of rotatable bonds is 13. The van der Waals surface area contributed by atoms with Crippen LogP contribution in [0.3, 0.4) is 0 Å². The molecule has 1 fully saturated rings. The lowest BCUT2D eigenvalue weighted by atomic mass is 9.84. The fourth-order valence-electron chi connectivity index (χ4n) is 5.84. The average molecular weight is 696 g/mol. The standard InChI is InChI=1S/C34H41F4N3O8/c1-33(2,3)22-13-19(24(42)18-41-16-20-15-25(46-5)30(47-6)28(35)27(20)31(41)39)14-23(40-11-10-21(17-40)45-4)29(22)48-12-8-7-9-26(43)49-32(44)34(36,37)38/h13-15,21,39H,7-12,16-18H2,1-6H3. The number of fused-ring (bicyclic) bond motifs is 1. The van der Waals surface area contributed by atoms with Gasteiger partial charge in [0.15, 0.2) is 23.1 Å². The summed E-state index contributed by atoms with van der Waals surface area (Å²) in [5.41, 5.74) is 1.75. The van der Waals surface area contributed by atoms with E-state index in [1.165, 1.54) is 19.1 Å². The van der Waals surface area contributed by atoms with Gasteiger partial charge >= 0.3 is 18.1 Å². The molecule has 2 heterocycles. The first-order chi connectivity index (χ1) is 23.0. The molecular weight excluding hydrogens is 654 g/mol. The lowest BCUT2D eigenvalue weighted by Crippen LogP contribution is -2.31. The van der Waals surface area contributed by atoms with Crippen molar-refractivity contribution in [2.75, 3.05) is 52.5 Å². The van der Waals surface area contributed by atoms with Gasteiger partial charge in [-0.15, -0.1) is 0 Å². The van der Waals surface area contributed by atoms with Gasteiger partial charge < -0.3 is 33.5 Å². The van der Waals surface area contributed by atoms with E-state index in [0.717, 1.165) is 6.42 Å². The first-order valence-electron chi connectivity index (χ1n) is 15.7. The zero-order chi connectivity index (χ0) is 36.3. The van der Waals surface area contributed by atoms with Crippen LogP contribution in [0.25, 0.3) is 0 Å². The molecule has 15 heteroatoms. The number of methoxy groups -OCH3 is 3. The second-order valence-corrected chi connectivity index (χ2v) is 12.9. The molecule has 2 aliphatic heterocycles. The summed E-state index contributed by atoms with van der Waals surface area (Å²) < 4.78 is 78.6. The summed E-state index contributed by atoms with van der Waals surface area (Å²) in [6.07, 6.45) is -4.60. The van der Waals surface area contributed by atoms with Crippen LogP contribution in [0.1, 0.15) is 73.5 Å². The third-order valence-electron chi connectivity index (χ3n) is 8.42. The first kappa shape index (κ1) is 37.4. The number of nitrogens with zero attached hydrogens (tertiary/aromatic N) is 2. The number of amidine groups is 1.